The molecule has 102 valence electrons. The molecule has 6 heteroatoms. The molecule has 2 aromatic heterocycles. The average molecular weight is 323 g/mol. The number of thioether (sulfide) groups is 1. The third-order valence-electron chi connectivity index (χ3n) is 2.74. The van der Waals surface area contributed by atoms with Gasteiger partial charge in [0.15, 0.2) is 0 Å². The minimum absolute atomic E-state index is 0.144. The summed E-state index contributed by atoms with van der Waals surface area (Å²) in [6.07, 6.45) is 1.57. The van der Waals surface area contributed by atoms with Gasteiger partial charge in [-0.3, -0.25) is 0 Å². The Kier molecular flexibility index (Phi) is 4.21. The van der Waals surface area contributed by atoms with Crippen molar-refractivity contribution in [2.24, 2.45) is 0 Å². The van der Waals surface area contributed by atoms with E-state index in [0.717, 1.165) is 30.7 Å². The van der Waals surface area contributed by atoms with E-state index in [9.17, 15) is 0 Å². The van der Waals surface area contributed by atoms with Crippen LogP contribution in [0.1, 0.15) is 0 Å². The summed E-state index contributed by atoms with van der Waals surface area (Å²) in [4.78, 5) is 9.75. The molecule has 1 aromatic carbocycles. The van der Waals surface area contributed by atoms with E-state index in [-0.39, 0.29) is 6.61 Å². The van der Waals surface area contributed by atoms with E-state index in [0.29, 0.717) is 5.75 Å². The van der Waals surface area contributed by atoms with Crippen molar-refractivity contribution >= 4 is 44.9 Å². The summed E-state index contributed by atoms with van der Waals surface area (Å²) in [7, 11) is 0. The maximum atomic E-state index is 8.94. The predicted molar refractivity (Wildman–Crippen MR) is 85.7 cm³/mol. The van der Waals surface area contributed by atoms with Crippen molar-refractivity contribution in [3.8, 4) is 10.4 Å². The number of aliphatic hydroxyl groups is 1. The van der Waals surface area contributed by atoms with Crippen LogP contribution in [-0.2, 0) is 0 Å². The Morgan fingerprint density at radius 2 is 2.00 bits per heavy atom. The van der Waals surface area contributed by atoms with Gasteiger partial charge in [0.05, 0.1) is 16.8 Å². The van der Waals surface area contributed by atoms with Crippen LogP contribution < -0.4 is 0 Å². The van der Waals surface area contributed by atoms with Crippen LogP contribution in [0.4, 0.5) is 0 Å². The smallest absolute Gasteiger partial charge is 0.117 e. The molecule has 2 heterocycles. The SMILES string of the molecule is OCCSc1ncnc2cc(-c3ccc(Cl)cc3)sc12. The van der Waals surface area contributed by atoms with Crippen molar-refractivity contribution in [2.45, 2.75) is 5.03 Å². The highest BCUT2D eigenvalue weighted by Crippen LogP contribution is 2.37. The van der Waals surface area contributed by atoms with E-state index in [1.54, 1.807) is 29.4 Å². The monoisotopic (exact) mass is 322 g/mol. The number of hydrogen-bond acceptors (Lipinski definition) is 5. The van der Waals surface area contributed by atoms with Gasteiger partial charge in [0.25, 0.3) is 0 Å². The van der Waals surface area contributed by atoms with E-state index < -0.39 is 0 Å². The van der Waals surface area contributed by atoms with E-state index in [4.69, 9.17) is 16.7 Å². The highest BCUT2D eigenvalue weighted by atomic mass is 35.5. The minimum Gasteiger partial charge on any atom is -0.396 e. The third-order valence-corrected chi connectivity index (χ3v) is 5.27. The zero-order chi connectivity index (χ0) is 13.9. The fourth-order valence-electron chi connectivity index (χ4n) is 1.83. The lowest BCUT2D eigenvalue weighted by Gasteiger charge is -1.98. The lowest BCUT2D eigenvalue weighted by Crippen LogP contribution is -1.88. The second-order valence-electron chi connectivity index (χ2n) is 4.08. The van der Waals surface area contributed by atoms with Crippen LogP contribution in [-0.4, -0.2) is 27.4 Å². The Hall–Kier alpha value is -1.14. The molecular formula is C14H11ClN2OS2. The van der Waals surface area contributed by atoms with E-state index >= 15 is 0 Å². The number of nitrogens with zero attached hydrogens (tertiary/aromatic N) is 2. The fraction of sp³-hybridized carbons (Fsp3) is 0.143. The van der Waals surface area contributed by atoms with Crippen LogP contribution in [0.5, 0.6) is 0 Å². The molecule has 0 radical (unpaired) electrons. The molecule has 0 saturated heterocycles. The lowest BCUT2D eigenvalue weighted by molar-refractivity contribution is 0.322. The third kappa shape index (κ3) is 2.81. The molecule has 3 rings (SSSR count). The van der Waals surface area contributed by atoms with Gasteiger partial charge in [0.2, 0.25) is 0 Å². The van der Waals surface area contributed by atoms with E-state index in [2.05, 4.69) is 16.0 Å². The number of aromatic nitrogens is 2. The molecule has 0 aliphatic carbocycles. The van der Waals surface area contributed by atoms with Crippen molar-refractivity contribution in [1.82, 2.24) is 9.97 Å². The predicted octanol–water partition coefficient (Wildman–Crippen LogP) is 4.10. The average Bonchev–Trinajstić information content (AvgIpc) is 2.90. The minimum atomic E-state index is 0.144. The molecule has 0 amide bonds. The molecule has 0 saturated carbocycles. The molecule has 1 N–H and O–H groups in total. The largest absolute Gasteiger partial charge is 0.396 e. The summed E-state index contributed by atoms with van der Waals surface area (Å²) in [6.45, 7) is 0.144. The summed E-state index contributed by atoms with van der Waals surface area (Å²) >= 11 is 9.13. The molecule has 0 spiro atoms. The van der Waals surface area contributed by atoms with Gasteiger partial charge in [0.1, 0.15) is 11.4 Å². The zero-order valence-electron chi connectivity index (χ0n) is 10.4. The van der Waals surface area contributed by atoms with E-state index in [1.165, 1.54) is 0 Å². The molecular weight excluding hydrogens is 312 g/mol. The van der Waals surface area contributed by atoms with Gasteiger partial charge in [-0.25, -0.2) is 9.97 Å². The molecule has 0 bridgehead atoms. The standard InChI is InChI=1S/C14H11ClN2OS2/c15-10-3-1-9(2-4-10)12-7-11-13(20-12)14(17-8-16-11)19-6-5-18/h1-4,7-8,18H,5-6H2. The molecule has 0 aliphatic rings. The lowest BCUT2D eigenvalue weighted by atomic mass is 10.2. The number of rotatable bonds is 4. The van der Waals surface area contributed by atoms with Gasteiger partial charge in [0, 0.05) is 15.7 Å². The second-order valence-corrected chi connectivity index (χ2v) is 6.66. The summed E-state index contributed by atoms with van der Waals surface area (Å²) in [5.41, 5.74) is 2.06. The molecule has 0 atom stereocenters. The molecule has 0 aliphatic heterocycles. The summed E-state index contributed by atoms with van der Waals surface area (Å²) < 4.78 is 1.07. The Labute approximate surface area is 129 Å². The summed E-state index contributed by atoms with van der Waals surface area (Å²) in [5.74, 6) is 0.639. The van der Waals surface area contributed by atoms with Gasteiger partial charge in [-0.2, -0.15) is 0 Å². The number of fused-ring (bicyclic) bond motifs is 1. The molecule has 3 nitrogen and oxygen atoms in total. The van der Waals surface area contributed by atoms with Crippen LogP contribution >= 0.6 is 34.7 Å². The first-order valence-electron chi connectivity index (χ1n) is 6.02. The first-order chi connectivity index (χ1) is 9.78. The van der Waals surface area contributed by atoms with Gasteiger partial charge in [-0.1, -0.05) is 23.7 Å². The van der Waals surface area contributed by atoms with Gasteiger partial charge >= 0.3 is 0 Å². The second kappa shape index (κ2) is 6.10. The van der Waals surface area contributed by atoms with Crippen LogP contribution in [0, 0.1) is 0 Å². The van der Waals surface area contributed by atoms with Crippen LogP contribution in [0.15, 0.2) is 41.7 Å². The number of halogens is 1. The Bertz CT molecular complexity index is 728. The van der Waals surface area contributed by atoms with Crippen molar-refractivity contribution in [2.75, 3.05) is 12.4 Å². The van der Waals surface area contributed by atoms with Crippen LogP contribution in [0.25, 0.3) is 20.7 Å². The topological polar surface area (TPSA) is 46.0 Å². The maximum Gasteiger partial charge on any atom is 0.117 e. The highest BCUT2D eigenvalue weighted by molar-refractivity contribution is 7.99. The first-order valence-corrected chi connectivity index (χ1v) is 8.20. The van der Waals surface area contributed by atoms with Gasteiger partial charge < -0.3 is 5.11 Å². The summed E-state index contributed by atoms with van der Waals surface area (Å²) in [6, 6.07) is 9.83. The maximum absolute atomic E-state index is 8.94. The van der Waals surface area contributed by atoms with Crippen LogP contribution in [0.2, 0.25) is 5.02 Å². The Morgan fingerprint density at radius 3 is 2.75 bits per heavy atom. The van der Waals surface area contributed by atoms with Crippen molar-refractivity contribution in [3.63, 3.8) is 0 Å². The molecule has 20 heavy (non-hydrogen) atoms. The van der Waals surface area contributed by atoms with Crippen molar-refractivity contribution in [3.05, 3.63) is 41.7 Å². The number of benzene rings is 1. The zero-order valence-corrected chi connectivity index (χ0v) is 12.8. The van der Waals surface area contributed by atoms with E-state index in [1.807, 2.05) is 24.3 Å². The first kappa shape index (κ1) is 13.8. The number of hydrogen-bond donors (Lipinski definition) is 1. The fourth-order valence-corrected chi connectivity index (χ4v) is 3.90. The van der Waals surface area contributed by atoms with Gasteiger partial charge in [-0.05, 0) is 23.8 Å². The Morgan fingerprint density at radius 1 is 1.20 bits per heavy atom. The van der Waals surface area contributed by atoms with Crippen LogP contribution in [0.3, 0.4) is 0 Å². The molecule has 0 unspecified atom stereocenters. The Balaban J connectivity index is 2.03. The highest BCUT2D eigenvalue weighted by Gasteiger charge is 2.10. The quantitative estimate of drug-likeness (QED) is 0.580. The normalized spacial score (nSPS) is 11.1. The molecule has 3 aromatic rings. The molecule has 0 fully saturated rings. The summed E-state index contributed by atoms with van der Waals surface area (Å²) in [5, 5.41) is 10.6. The van der Waals surface area contributed by atoms with Gasteiger partial charge in [-0.15, -0.1) is 23.1 Å². The number of aliphatic hydroxyl groups excluding tert-OH is 1. The van der Waals surface area contributed by atoms with Crippen molar-refractivity contribution in [1.29, 1.82) is 0 Å². The van der Waals surface area contributed by atoms with Crippen molar-refractivity contribution < 1.29 is 5.11 Å². The number of thiophene rings is 1.